The van der Waals surface area contributed by atoms with Crippen molar-refractivity contribution in [3.8, 4) is 17.5 Å². The van der Waals surface area contributed by atoms with Gasteiger partial charge in [0.15, 0.2) is 11.6 Å². The lowest BCUT2D eigenvalue weighted by Crippen LogP contribution is -1.92. The van der Waals surface area contributed by atoms with E-state index in [1.165, 1.54) is 7.11 Å². The Balaban J connectivity index is 0.000000547. The van der Waals surface area contributed by atoms with Gasteiger partial charge in [-0.15, -0.1) is 0 Å². The SMILES string of the molecule is C.C.CO.COc1ccc2ncc(F)c(Br)c2n1.COc1ccc2ncc(OC)c(Br)c2n1. The molecule has 4 rings (SSSR count). The summed E-state index contributed by atoms with van der Waals surface area (Å²) < 4.78 is 29.3. The van der Waals surface area contributed by atoms with Gasteiger partial charge >= 0.3 is 0 Å². The molecule has 0 radical (unpaired) electrons. The quantitative estimate of drug-likeness (QED) is 0.319. The second-order valence-electron chi connectivity index (χ2n) is 5.50. The predicted octanol–water partition coefficient (Wildman–Crippen LogP) is 5.83. The molecule has 1 N–H and O–H groups in total. The van der Waals surface area contributed by atoms with Crippen LogP contribution in [0.25, 0.3) is 22.1 Å². The number of pyridine rings is 4. The highest BCUT2D eigenvalue weighted by Gasteiger charge is 2.09. The first-order valence-corrected chi connectivity index (χ1v) is 10.2. The van der Waals surface area contributed by atoms with Gasteiger partial charge in [0.05, 0.1) is 53.7 Å². The lowest BCUT2D eigenvalue weighted by atomic mass is 10.3. The average Bonchev–Trinajstić information content (AvgIpc) is 2.83. The largest absolute Gasteiger partial charge is 0.494 e. The van der Waals surface area contributed by atoms with Crippen LogP contribution in [0.3, 0.4) is 0 Å². The maximum atomic E-state index is 13.1. The summed E-state index contributed by atoms with van der Waals surface area (Å²) in [5.74, 6) is 1.21. The number of aliphatic hydroxyl groups excluding tert-OH is 1. The third-order valence-corrected chi connectivity index (χ3v) is 5.34. The number of hydrogen-bond acceptors (Lipinski definition) is 8. The highest BCUT2D eigenvalue weighted by molar-refractivity contribution is 9.11. The van der Waals surface area contributed by atoms with E-state index in [1.807, 2.05) is 6.07 Å². The first kappa shape index (κ1) is 30.4. The fourth-order valence-electron chi connectivity index (χ4n) is 2.37. The van der Waals surface area contributed by atoms with Crippen LogP contribution in [0.2, 0.25) is 0 Å². The Bertz CT molecular complexity index is 1180. The van der Waals surface area contributed by atoms with Crippen molar-refractivity contribution in [2.75, 3.05) is 28.4 Å². The number of nitrogens with zero attached hydrogens (tertiary/aromatic N) is 4. The molecule has 0 aromatic carbocycles. The molecule has 4 aromatic heterocycles. The van der Waals surface area contributed by atoms with E-state index in [1.54, 1.807) is 38.6 Å². The van der Waals surface area contributed by atoms with E-state index < -0.39 is 5.82 Å². The Kier molecular flexibility index (Phi) is 13.3. The third kappa shape index (κ3) is 7.18. The van der Waals surface area contributed by atoms with Crippen molar-refractivity contribution in [3.63, 3.8) is 0 Å². The van der Waals surface area contributed by atoms with E-state index in [2.05, 4.69) is 51.8 Å². The Morgan fingerprint density at radius 2 is 1.18 bits per heavy atom. The van der Waals surface area contributed by atoms with Gasteiger partial charge in [0.2, 0.25) is 11.8 Å². The topological polar surface area (TPSA) is 99.5 Å². The molecule has 0 aliphatic carbocycles. The lowest BCUT2D eigenvalue weighted by Gasteiger charge is -2.06. The van der Waals surface area contributed by atoms with Gasteiger partial charge in [-0.1, -0.05) is 14.9 Å². The van der Waals surface area contributed by atoms with Crippen LogP contribution in [0.15, 0.2) is 45.6 Å². The fourth-order valence-corrected chi connectivity index (χ4v) is 3.32. The van der Waals surface area contributed by atoms with Crippen molar-refractivity contribution >= 4 is 53.9 Å². The molecule has 0 aliphatic rings. The van der Waals surface area contributed by atoms with E-state index in [9.17, 15) is 4.39 Å². The van der Waals surface area contributed by atoms with E-state index in [0.717, 1.165) is 28.8 Å². The van der Waals surface area contributed by atoms with Crippen LogP contribution in [-0.4, -0.2) is 53.5 Å². The van der Waals surface area contributed by atoms with Crippen LogP contribution in [0, 0.1) is 5.82 Å². The number of fused-ring (bicyclic) bond motifs is 2. The van der Waals surface area contributed by atoms with Crippen LogP contribution < -0.4 is 14.2 Å². The summed E-state index contributed by atoms with van der Waals surface area (Å²) in [5.41, 5.74) is 2.61. The summed E-state index contributed by atoms with van der Waals surface area (Å²) >= 11 is 6.53. The Hall–Kier alpha value is -2.63. The Labute approximate surface area is 209 Å². The average molecular weight is 590 g/mol. The van der Waals surface area contributed by atoms with E-state index >= 15 is 0 Å². The highest BCUT2D eigenvalue weighted by atomic mass is 79.9. The van der Waals surface area contributed by atoms with Gasteiger partial charge in [-0.3, -0.25) is 9.97 Å². The molecule has 0 bridgehead atoms. The van der Waals surface area contributed by atoms with Crippen molar-refractivity contribution in [1.29, 1.82) is 0 Å². The minimum absolute atomic E-state index is 0. The zero-order valence-corrected chi connectivity index (χ0v) is 20.2. The summed E-state index contributed by atoms with van der Waals surface area (Å²) in [6.45, 7) is 0. The zero-order chi connectivity index (χ0) is 23.0. The second-order valence-corrected chi connectivity index (χ2v) is 7.09. The van der Waals surface area contributed by atoms with E-state index in [4.69, 9.17) is 19.3 Å². The van der Waals surface area contributed by atoms with E-state index in [0.29, 0.717) is 33.0 Å². The number of methoxy groups -OCH3 is 3. The number of aromatic nitrogens is 4. The molecule has 0 saturated carbocycles. The first-order chi connectivity index (χ1) is 15.0. The van der Waals surface area contributed by atoms with Crippen molar-refractivity contribution in [1.82, 2.24) is 19.9 Å². The summed E-state index contributed by atoms with van der Waals surface area (Å²) in [7, 11) is 5.68. The summed E-state index contributed by atoms with van der Waals surface area (Å²) in [6.07, 6.45) is 2.81. The van der Waals surface area contributed by atoms with Gasteiger partial charge < -0.3 is 19.3 Å². The molecule has 0 aliphatic heterocycles. The van der Waals surface area contributed by atoms with E-state index in [-0.39, 0.29) is 14.9 Å². The van der Waals surface area contributed by atoms with Crippen molar-refractivity contribution in [2.45, 2.75) is 14.9 Å². The van der Waals surface area contributed by atoms with Gasteiger partial charge in [0.1, 0.15) is 11.0 Å². The normalized spacial score (nSPS) is 9.33. The molecule has 4 aromatic rings. The van der Waals surface area contributed by atoms with Crippen LogP contribution >= 0.6 is 31.9 Å². The number of aliphatic hydroxyl groups is 1. The molecule has 0 atom stereocenters. The van der Waals surface area contributed by atoms with Crippen LogP contribution in [0.5, 0.6) is 17.5 Å². The number of ether oxygens (including phenoxy) is 3. The van der Waals surface area contributed by atoms with Crippen molar-refractivity contribution in [3.05, 3.63) is 51.4 Å². The molecular formula is C22H27Br2FN4O4. The highest BCUT2D eigenvalue weighted by Crippen LogP contribution is 2.31. The number of hydrogen-bond donors (Lipinski definition) is 1. The lowest BCUT2D eigenvalue weighted by molar-refractivity contribution is 0.398. The predicted molar refractivity (Wildman–Crippen MR) is 136 cm³/mol. The molecule has 4 heterocycles. The molecular weight excluding hydrogens is 563 g/mol. The molecule has 0 spiro atoms. The van der Waals surface area contributed by atoms with Crippen molar-refractivity contribution in [2.24, 2.45) is 0 Å². The summed E-state index contributed by atoms with van der Waals surface area (Å²) in [5, 5.41) is 7.00. The van der Waals surface area contributed by atoms with Crippen LogP contribution in [0.1, 0.15) is 14.9 Å². The first-order valence-electron chi connectivity index (χ1n) is 8.61. The molecule has 0 fully saturated rings. The van der Waals surface area contributed by atoms with Crippen LogP contribution in [-0.2, 0) is 0 Å². The van der Waals surface area contributed by atoms with Crippen LogP contribution in [0.4, 0.5) is 4.39 Å². The summed E-state index contributed by atoms with van der Waals surface area (Å²) in [4.78, 5) is 16.5. The molecule has 180 valence electrons. The van der Waals surface area contributed by atoms with Gasteiger partial charge in [-0.25, -0.2) is 14.4 Å². The summed E-state index contributed by atoms with van der Waals surface area (Å²) in [6, 6.07) is 7.03. The molecule has 0 saturated heterocycles. The fraction of sp³-hybridized carbons (Fsp3) is 0.273. The molecule has 8 nitrogen and oxygen atoms in total. The third-order valence-electron chi connectivity index (χ3n) is 3.81. The van der Waals surface area contributed by atoms with Gasteiger partial charge in [0.25, 0.3) is 0 Å². The van der Waals surface area contributed by atoms with Gasteiger partial charge in [0, 0.05) is 19.2 Å². The standard InChI is InChI=1S/C10H9BrN2O2.C9H6BrFN2O.CH4O.2CH4/c1-14-7-5-12-6-3-4-8(15-2)13-10(6)9(7)11;1-14-7-3-2-6-9(13-7)8(10)5(11)4-12-6;1-2;;/h3-5H,1-2H3;2-4H,1H3;2H,1H3;2*1H4. The zero-order valence-electron chi connectivity index (χ0n) is 17.1. The minimum Gasteiger partial charge on any atom is -0.494 e. The monoisotopic (exact) mass is 588 g/mol. The maximum absolute atomic E-state index is 13.1. The van der Waals surface area contributed by atoms with Crippen molar-refractivity contribution < 1.29 is 23.7 Å². The maximum Gasteiger partial charge on any atom is 0.213 e. The molecule has 11 heteroatoms. The Morgan fingerprint density at radius 3 is 1.64 bits per heavy atom. The minimum atomic E-state index is -0.432. The van der Waals surface area contributed by atoms with Gasteiger partial charge in [-0.05, 0) is 44.0 Å². The second kappa shape index (κ2) is 14.5. The Morgan fingerprint density at radius 1 is 0.727 bits per heavy atom. The molecule has 0 amide bonds. The van der Waals surface area contributed by atoms with Gasteiger partial charge in [-0.2, -0.15) is 0 Å². The molecule has 0 unspecified atom stereocenters. The smallest absolute Gasteiger partial charge is 0.213 e. The number of halogens is 3. The number of rotatable bonds is 3. The molecule has 33 heavy (non-hydrogen) atoms.